The van der Waals surface area contributed by atoms with E-state index in [1.54, 1.807) is 0 Å². The molecule has 2 fully saturated rings. The maximum Gasteiger partial charge on any atom is 0.211 e. The normalized spacial score (nSPS) is 21.0. The molecule has 1 atom stereocenters. The summed E-state index contributed by atoms with van der Waals surface area (Å²) in [6.45, 7) is 4.21. The van der Waals surface area contributed by atoms with Crippen molar-refractivity contribution >= 4 is 22.5 Å². The van der Waals surface area contributed by atoms with Crippen molar-refractivity contribution in [3.63, 3.8) is 0 Å². The molecule has 0 amide bonds. The van der Waals surface area contributed by atoms with Crippen molar-refractivity contribution in [2.45, 2.75) is 45.1 Å². The number of piperidine rings is 1. The molecule has 7 nitrogen and oxygen atoms in total. The first-order valence-corrected chi connectivity index (χ1v) is 11.4. The van der Waals surface area contributed by atoms with Gasteiger partial charge in [-0.2, -0.15) is 5.10 Å². The molecule has 1 aliphatic carbocycles. The highest BCUT2D eigenvalue weighted by Gasteiger charge is 2.44. The van der Waals surface area contributed by atoms with Crippen LogP contribution in [0.25, 0.3) is 27.7 Å². The summed E-state index contributed by atoms with van der Waals surface area (Å²) < 4.78 is 2.17. The van der Waals surface area contributed by atoms with Gasteiger partial charge in [-0.3, -0.25) is 9.50 Å². The Hall–Kier alpha value is -2.93. The summed E-state index contributed by atoms with van der Waals surface area (Å²) in [5.74, 6) is 1.02. The lowest BCUT2D eigenvalue weighted by molar-refractivity contribution is 0.177. The minimum Gasteiger partial charge on any atom is -0.342 e. The SMILES string of the molecule is CN[C@@H]1CCCC12CCN(c1nc(C)c(-c3ccc4cn[nH]c4c3)c3nccn13)CC2. The molecule has 6 rings (SSSR count). The fourth-order valence-corrected chi connectivity index (χ4v) is 6.06. The maximum absolute atomic E-state index is 5.10. The van der Waals surface area contributed by atoms with Crippen LogP contribution < -0.4 is 10.2 Å². The van der Waals surface area contributed by atoms with E-state index >= 15 is 0 Å². The van der Waals surface area contributed by atoms with Crippen LogP contribution in [0.4, 0.5) is 5.95 Å². The van der Waals surface area contributed by atoms with Crippen LogP contribution in [0.2, 0.25) is 0 Å². The van der Waals surface area contributed by atoms with Crippen molar-refractivity contribution in [3.05, 3.63) is 42.5 Å². The van der Waals surface area contributed by atoms with Crippen LogP contribution in [0.5, 0.6) is 0 Å². The van der Waals surface area contributed by atoms with Gasteiger partial charge in [0.25, 0.3) is 0 Å². The van der Waals surface area contributed by atoms with Gasteiger partial charge < -0.3 is 10.2 Å². The van der Waals surface area contributed by atoms with Crippen LogP contribution in [-0.2, 0) is 0 Å². The second-order valence-corrected chi connectivity index (χ2v) is 9.25. The minimum absolute atomic E-state index is 0.466. The Balaban J connectivity index is 1.37. The molecule has 0 bridgehead atoms. The molecular formula is C24H29N7. The second-order valence-electron chi connectivity index (χ2n) is 9.25. The average molecular weight is 416 g/mol. The molecule has 31 heavy (non-hydrogen) atoms. The number of anilines is 1. The van der Waals surface area contributed by atoms with Gasteiger partial charge in [-0.15, -0.1) is 0 Å². The lowest BCUT2D eigenvalue weighted by Gasteiger charge is -2.43. The highest BCUT2D eigenvalue weighted by Crippen LogP contribution is 2.47. The molecule has 4 heterocycles. The van der Waals surface area contributed by atoms with Gasteiger partial charge in [0.1, 0.15) is 5.65 Å². The van der Waals surface area contributed by atoms with Gasteiger partial charge >= 0.3 is 0 Å². The number of aryl methyl sites for hydroxylation is 1. The zero-order valence-corrected chi connectivity index (χ0v) is 18.2. The van der Waals surface area contributed by atoms with E-state index in [-0.39, 0.29) is 0 Å². The number of rotatable bonds is 3. The van der Waals surface area contributed by atoms with Gasteiger partial charge in [-0.1, -0.05) is 18.6 Å². The predicted molar refractivity (Wildman–Crippen MR) is 123 cm³/mol. The lowest BCUT2D eigenvalue weighted by atomic mass is 9.74. The third kappa shape index (κ3) is 2.86. The molecule has 160 valence electrons. The summed E-state index contributed by atoms with van der Waals surface area (Å²) in [5, 5.41) is 11.9. The first-order chi connectivity index (χ1) is 15.2. The van der Waals surface area contributed by atoms with Crippen molar-refractivity contribution in [2.24, 2.45) is 5.41 Å². The number of hydrogen-bond donors (Lipinski definition) is 2. The molecule has 0 unspecified atom stereocenters. The van der Waals surface area contributed by atoms with E-state index < -0.39 is 0 Å². The van der Waals surface area contributed by atoms with Gasteiger partial charge in [0, 0.05) is 42.5 Å². The summed E-state index contributed by atoms with van der Waals surface area (Å²) in [6, 6.07) is 7.05. The minimum atomic E-state index is 0.466. The summed E-state index contributed by atoms with van der Waals surface area (Å²) in [7, 11) is 2.13. The van der Waals surface area contributed by atoms with Gasteiger partial charge in [-0.25, -0.2) is 9.97 Å². The first-order valence-electron chi connectivity index (χ1n) is 11.4. The number of nitrogens with zero attached hydrogens (tertiary/aromatic N) is 5. The highest BCUT2D eigenvalue weighted by atomic mass is 15.3. The van der Waals surface area contributed by atoms with E-state index in [0.29, 0.717) is 11.5 Å². The largest absolute Gasteiger partial charge is 0.342 e. The number of aromatic amines is 1. The Morgan fingerprint density at radius 3 is 2.90 bits per heavy atom. The Labute approximate surface area is 181 Å². The summed E-state index contributed by atoms with van der Waals surface area (Å²) >= 11 is 0. The molecule has 1 saturated carbocycles. The van der Waals surface area contributed by atoms with Crippen LogP contribution in [0.1, 0.15) is 37.8 Å². The number of aromatic nitrogens is 5. The molecular weight excluding hydrogens is 386 g/mol. The number of H-pyrrole nitrogens is 1. The smallest absolute Gasteiger partial charge is 0.211 e. The Bertz CT molecular complexity index is 1250. The topological polar surface area (TPSA) is 74.1 Å². The lowest BCUT2D eigenvalue weighted by Crippen LogP contribution is -2.48. The molecule has 1 saturated heterocycles. The van der Waals surface area contributed by atoms with Crippen molar-refractivity contribution in [1.82, 2.24) is 29.9 Å². The zero-order valence-electron chi connectivity index (χ0n) is 18.2. The van der Waals surface area contributed by atoms with E-state index in [1.807, 2.05) is 18.6 Å². The van der Waals surface area contributed by atoms with E-state index in [4.69, 9.17) is 9.97 Å². The fraction of sp³-hybridized carbons (Fsp3) is 0.458. The van der Waals surface area contributed by atoms with Crippen LogP contribution in [0, 0.1) is 12.3 Å². The third-order valence-electron chi connectivity index (χ3n) is 7.74. The molecule has 0 radical (unpaired) electrons. The van der Waals surface area contributed by atoms with E-state index in [2.05, 4.69) is 57.0 Å². The predicted octanol–water partition coefficient (Wildman–Crippen LogP) is 3.94. The molecule has 2 N–H and O–H groups in total. The molecule has 1 aromatic carbocycles. The van der Waals surface area contributed by atoms with Crippen molar-refractivity contribution < 1.29 is 0 Å². The summed E-state index contributed by atoms with van der Waals surface area (Å²) in [6.07, 6.45) is 12.3. The van der Waals surface area contributed by atoms with Crippen LogP contribution in [-0.4, -0.2) is 50.7 Å². The van der Waals surface area contributed by atoms with Gasteiger partial charge in [-0.05, 0) is 56.7 Å². The third-order valence-corrected chi connectivity index (χ3v) is 7.74. The van der Waals surface area contributed by atoms with E-state index in [9.17, 15) is 0 Å². The van der Waals surface area contributed by atoms with E-state index in [0.717, 1.165) is 52.4 Å². The van der Waals surface area contributed by atoms with Gasteiger partial charge in [0.2, 0.25) is 5.95 Å². The molecule has 1 aliphatic heterocycles. The quantitative estimate of drug-likeness (QED) is 0.530. The average Bonchev–Trinajstić information content (AvgIpc) is 3.53. The monoisotopic (exact) mass is 415 g/mol. The Morgan fingerprint density at radius 1 is 1.19 bits per heavy atom. The molecule has 1 spiro atoms. The number of benzene rings is 1. The van der Waals surface area contributed by atoms with Crippen molar-refractivity contribution in [1.29, 1.82) is 0 Å². The van der Waals surface area contributed by atoms with Crippen molar-refractivity contribution in [2.75, 3.05) is 25.0 Å². The van der Waals surface area contributed by atoms with Gasteiger partial charge in [0.15, 0.2) is 0 Å². The van der Waals surface area contributed by atoms with Crippen LogP contribution in [0.15, 0.2) is 36.8 Å². The molecule has 3 aromatic heterocycles. The number of hydrogen-bond acceptors (Lipinski definition) is 5. The van der Waals surface area contributed by atoms with Crippen LogP contribution in [0.3, 0.4) is 0 Å². The molecule has 2 aliphatic rings. The number of nitrogens with one attached hydrogen (secondary N) is 2. The molecule has 7 heteroatoms. The number of fused-ring (bicyclic) bond motifs is 2. The first kappa shape index (κ1) is 18.8. The number of imidazole rings is 1. The summed E-state index contributed by atoms with van der Waals surface area (Å²) in [5.41, 5.74) is 5.68. The highest BCUT2D eigenvalue weighted by molar-refractivity contribution is 5.88. The zero-order chi connectivity index (χ0) is 21.0. The van der Waals surface area contributed by atoms with Gasteiger partial charge in [0.05, 0.1) is 17.4 Å². The standard InChI is InChI=1S/C24H29N7/c1-16-21(17-5-6-18-15-27-29-19(18)14-17)22-26-10-13-31(22)23(28-16)30-11-8-24(9-12-30)7-3-4-20(24)25-2/h5-6,10,13-15,20,25H,3-4,7-9,11-12H2,1-2H3,(H,27,29)/t20-/m1/s1. The van der Waals surface area contributed by atoms with E-state index in [1.165, 1.54) is 32.1 Å². The maximum atomic E-state index is 5.10. The van der Waals surface area contributed by atoms with Crippen molar-refractivity contribution in [3.8, 4) is 11.1 Å². The molecule has 4 aromatic rings. The second kappa shape index (κ2) is 7.05. The fourth-order valence-electron chi connectivity index (χ4n) is 6.06. The Morgan fingerprint density at radius 2 is 2.06 bits per heavy atom. The summed E-state index contributed by atoms with van der Waals surface area (Å²) in [4.78, 5) is 12.3. The van der Waals surface area contributed by atoms with Crippen LogP contribution >= 0.6 is 0 Å². The Kier molecular flexibility index (Phi) is 4.28.